The molecule has 60 valence electrons. The normalized spacial score (nSPS) is 7.85. The molecule has 1 rings (SSSR count). The Labute approximate surface area is 75.1 Å². The quantitative estimate of drug-likeness (QED) is 0.347. The van der Waals surface area contributed by atoms with Crippen LogP contribution in [0.4, 0.5) is 0 Å². The molecule has 1 aromatic heterocycles. The molecular formula is C9H4N4. The number of hydrogen-bond donors (Lipinski definition) is 0. The first-order valence-corrected chi connectivity index (χ1v) is 3.40. The molecule has 13 heavy (non-hydrogen) atoms. The van der Waals surface area contributed by atoms with Gasteiger partial charge in [0, 0.05) is 12.1 Å². The van der Waals surface area contributed by atoms with E-state index in [1.165, 1.54) is 29.1 Å². The van der Waals surface area contributed by atoms with E-state index < -0.39 is 0 Å². The summed E-state index contributed by atoms with van der Waals surface area (Å²) < 4.78 is 1.36. The number of nitrogens with zero attached hydrogens (tertiary/aromatic N) is 4. The average Bonchev–Trinajstić information content (AvgIpc) is 2.21. The molecule has 0 N–H and O–H groups in total. The fraction of sp³-hybridized carbons (Fsp3) is 0. The number of allylic oxidation sites excluding steroid dienone is 1. The van der Waals surface area contributed by atoms with Crippen molar-refractivity contribution in [3.8, 4) is 12.1 Å². The van der Waals surface area contributed by atoms with E-state index in [0.717, 1.165) is 0 Å². The van der Waals surface area contributed by atoms with Gasteiger partial charge < -0.3 is 5.41 Å². The van der Waals surface area contributed by atoms with Crippen LogP contribution in [0, 0.1) is 22.7 Å². The average molecular weight is 168 g/mol. The summed E-state index contributed by atoms with van der Waals surface area (Å²) in [7, 11) is 0. The standard InChI is InChI=1S/C9H4N4/c10-5-8-1-3-13(4-2-8)9(6-11)7-12/h1-4H. The third kappa shape index (κ3) is 1.78. The molecular weight excluding hydrogens is 164 g/mol. The molecule has 0 aromatic carbocycles. The minimum absolute atomic E-state index is 0.0236. The zero-order valence-corrected chi connectivity index (χ0v) is 6.60. The Balaban J connectivity index is 3.16. The van der Waals surface area contributed by atoms with Crippen LogP contribution >= 0.6 is 0 Å². The molecule has 0 radical (unpaired) electrons. The van der Waals surface area contributed by atoms with Crippen molar-refractivity contribution < 1.29 is 4.57 Å². The van der Waals surface area contributed by atoms with Gasteiger partial charge in [-0.3, -0.25) is 0 Å². The Morgan fingerprint density at radius 1 is 1.31 bits per heavy atom. The van der Waals surface area contributed by atoms with Crippen LogP contribution in [0.25, 0.3) is 11.1 Å². The molecule has 0 amide bonds. The van der Waals surface area contributed by atoms with Gasteiger partial charge in [0.05, 0.1) is 11.6 Å². The van der Waals surface area contributed by atoms with E-state index in [1.807, 2.05) is 6.07 Å². The van der Waals surface area contributed by atoms with Crippen molar-refractivity contribution in [3.63, 3.8) is 0 Å². The highest BCUT2D eigenvalue weighted by Gasteiger charge is 2.04. The Bertz CT molecular complexity index is 438. The predicted molar refractivity (Wildman–Crippen MR) is 45.0 cm³/mol. The first-order chi connectivity index (χ1) is 6.31. The maximum absolute atomic E-state index is 8.51. The highest BCUT2D eigenvalue weighted by molar-refractivity contribution is 5.84. The summed E-state index contributed by atoms with van der Waals surface area (Å²) >= 11 is 0. The molecule has 4 heteroatoms. The van der Waals surface area contributed by atoms with E-state index in [0.29, 0.717) is 5.56 Å². The van der Waals surface area contributed by atoms with Crippen molar-refractivity contribution in [2.75, 3.05) is 0 Å². The van der Waals surface area contributed by atoms with Gasteiger partial charge in [-0.25, -0.2) is 0 Å². The minimum atomic E-state index is -0.0236. The van der Waals surface area contributed by atoms with E-state index in [1.54, 1.807) is 11.9 Å². The Morgan fingerprint density at radius 2 is 1.92 bits per heavy atom. The second-order valence-corrected chi connectivity index (χ2v) is 2.18. The van der Waals surface area contributed by atoms with E-state index in [9.17, 15) is 0 Å². The molecule has 0 aliphatic rings. The van der Waals surface area contributed by atoms with Crippen LogP contribution in [0.15, 0.2) is 24.5 Å². The summed E-state index contributed by atoms with van der Waals surface area (Å²) in [6.07, 6.45) is 3.00. The molecule has 0 aliphatic carbocycles. The van der Waals surface area contributed by atoms with Gasteiger partial charge in [-0.2, -0.15) is 21.0 Å². The molecule has 0 saturated carbocycles. The maximum atomic E-state index is 8.51. The molecule has 0 fully saturated rings. The molecule has 0 aliphatic heterocycles. The first-order valence-electron chi connectivity index (χ1n) is 3.40. The molecule has 4 nitrogen and oxygen atoms in total. The van der Waals surface area contributed by atoms with Gasteiger partial charge in [-0.05, 0) is 0 Å². The number of rotatable bonds is 1. The fourth-order valence-corrected chi connectivity index (χ4v) is 0.791. The van der Waals surface area contributed by atoms with E-state index in [4.69, 9.17) is 15.9 Å². The Kier molecular flexibility index (Phi) is 2.55. The van der Waals surface area contributed by atoms with Crippen LogP contribution in [0.5, 0.6) is 0 Å². The zero-order chi connectivity index (χ0) is 9.68. The first kappa shape index (κ1) is 8.67. The highest BCUT2D eigenvalue weighted by atomic mass is 14.9. The third-order valence-electron chi connectivity index (χ3n) is 1.43. The second kappa shape index (κ2) is 3.82. The van der Waals surface area contributed by atoms with Crippen LogP contribution in [-0.2, 0) is 0 Å². The molecule has 1 heterocycles. The lowest BCUT2D eigenvalue weighted by molar-refractivity contribution is -0.576. The van der Waals surface area contributed by atoms with E-state index in [2.05, 4.69) is 0 Å². The van der Waals surface area contributed by atoms with Crippen molar-refractivity contribution in [3.05, 3.63) is 35.5 Å². The number of aromatic nitrogens is 1. The fourth-order valence-electron chi connectivity index (χ4n) is 0.791. The summed E-state index contributed by atoms with van der Waals surface area (Å²) in [5.74, 6) is 1.74. The van der Waals surface area contributed by atoms with Crippen LogP contribution in [0.1, 0.15) is 5.56 Å². The predicted octanol–water partition coefficient (Wildman–Crippen LogP) is 0.449. The van der Waals surface area contributed by atoms with Gasteiger partial charge in [0.2, 0.25) is 0 Å². The SMILES string of the molecule is N#CC(=C=[N-])[n+]1ccc(C#N)cc1. The van der Waals surface area contributed by atoms with Crippen molar-refractivity contribution >= 4 is 11.6 Å². The Hall–Kier alpha value is -2.42. The molecule has 0 atom stereocenters. The summed E-state index contributed by atoms with van der Waals surface area (Å²) in [5.41, 5.74) is 0.468. The van der Waals surface area contributed by atoms with Crippen LogP contribution in [0.3, 0.4) is 0 Å². The van der Waals surface area contributed by atoms with Crippen molar-refractivity contribution in [2.24, 2.45) is 0 Å². The van der Waals surface area contributed by atoms with Gasteiger partial charge in [0.15, 0.2) is 18.5 Å². The molecule has 0 unspecified atom stereocenters. The largest absolute Gasteiger partial charge is 0.757 e. The van der Waals surface area contributed by atoms with Crippen molar-refractivity contribution in [2.45, 2.75) is 0 Å². The van der Waals surface area contributed by atoms with E-state index >= 15 is 0 Å². The third-order valence-corrected chi connectivity index (χ3v) is 1.43. The summed E-state index contributed by atoms with van der Waals surface area (Å²) in [6, 6.07) is 6.75. The second-order valence-electron chi connectivity index (χ2n) is 2.18. The van der Waals surface area contributed by atoms with Crippen LogP contribution < -0.4 is 4.57 Å². The van der Waals surface area contributed by atoms with Crippen LogP contribution in [0.2, 0.25) is 0 Å². The van der Waals surface area contributed by atoms with Gasteiger partial charge in [0.1, 0.15) is 0 Å². The van der Waals surface area contributed by atoms with E-state index in [-0.39, 0.29) is 5.70 Å². The zero-order valence-electron chi connectivity index (χ0n) is 6.60. The van der Waals surface area contributed by atoms with Crippen molar-refractivity contribution in [1.82, 2.24) is 0 Å². The van der Waals surface area contributed by atoms with Gasteiger partial charge in [-0.15, -0.1) is 0 Å². The monoisotopic (exact) mass is 168 g/mol. The highest BCUT2D eigenvalue weighted by Crippen LogP contribution is 1.92. The minimum Gasteiger partial charge on any atom is -0.757 e. The Morgan fingerprint density at radius 3 is 2.31 bits per heavy atom. The van der Waals surface area contributed by atoms with Crippen LogP contribution in [-0.4, -0.2) is 5.87 Å². The summed E-state index contributed by atoms with van der Waals surface area (Å²) in [5, 5.41) is 25.5. The number of hydrogen-bond acceptors (Lipinski definition) is 2. The van der Waals surface area contributed by atoms with Gasteiger partial charge in [-0.1, -0.05) is 0 Å². The number of nitriles is 2. The molecule has 0 bridgehead atoms. The summed E-state index contributed by atoms with van der Waals surface area (Å²) in [6.45, 7) is 0. The molecule has 0 saturated heterocycles. The lowest BCUT2D eigenvalue weighted by Crippen LogP contribution is -2.30. The van der Waals surface area contributed by atoms with Gasteiger partial charge in [0.25, 0.3) is 0 Å². The lowest BCUT2D eigenvalue weighted by atomic mass is 10.3. The number of pyridine rings is 1. The maximum Gasteiger partial charge on any atom is 0.309 e. The lowest BCUT2D eigenvalue weighted by Gasteiger charge is -1.89. The van der Waals surface area contributed by atoms with Gasteiger partial charge >= 0.3 is 5.70 Å². The summed E-state index contributed by atoms with van der Waals surface area (Å²) in [4.78, 5) is 0. The smallest absolute Gasteiger partial charge is 0.309 e. The molecule has 1 aromatic rings. The molecule has 0 spiro atoms. The van der Waals surface area contributed by atoms with Crippen molar-refractivity contribution in [1.29, 1.82) is 10.5 Å². The topological polar surface area (TPSA) is 73.8 Å².